The van der Waals surface area contributed by atoms with Crippen LogP contribution < -0.4 is 47.9 Å². The van der Waals surface area contributed by atoms with E-state index in [1.165, 1.54) is 0 Å². The summed E-state index contributed by atoms with van der Waals surface area (Å²) in [6.45, 7) is 0.367. The predicted octanol–water partition coefficient (Wildman–Crippen LogP) is 1.69. The molecule has 1 aliphatic rings. The van der Waals surface area contributed by atoms with Crippen molar-refractivity contribution in [3.05, 3.63) is 48.0 Å². The molecular weight excluding hydrogens is 528 g/mol. The number of nitrogens with zero attached hydrogens (tertiary/aromatic N) is 6. The molecule has 3 aromatic rings. The minimum Gasteiger partial charge on any atom is -0.437 e. The minimum atomic E-state index is -0.618. The van der Waals surface area contributed by atoms with Crippen molar-refractivity contribution in [3.8, 4) is 29.5 Å². The van der Waals surface area contributed by atoms with Gasteiger partial charge in [0.15, 0.2) is 17.7 Å². The van der Waals surface area contributed by atoms with E-state index in [4.69, 9.17) is 32.4 Å². The molecule has 212 valence electrons. The Bertz CT molecular complexity index is 1540. The maximum Gasteiger partial charge on any atom is 0.327 e. The number of rotatable bonds is 10. The van der Waals surface area contributed by atoms with Crippen molar-refractivity contribution in [2.75, 3.05) is 36.2 Å². The molecule has 2 aromatic carbocycles. The van der Waals surface area contributed by atoms with Crippen molar-refractivity contribution >= 4 is 40.7 Å². The summed E-state index contributed by atoms with van der Waals surface area (Å²) < 4.78 is 12.0. The summed E-state index contributed by atoms with van der Waals surface area (Å²) in [5.41, 5.74) is 23.6. The second-order valence-electron chi connectivity index (χ2n) is 9.09. The third kappa shape index (κ3) is 7.20. The standard InChI is InChI=1S/C26H30N12O3/c1-38(2)19-12-17(9-8-14(19)13-27)40-23-20-21(34-18(22(39)35-20)7-4-10-32-24(28)29)36-26(37-23)41-16-6-3-5-15(11-16)33-25(30)31/h3,5-6,8-9,11-12,18H,4,7,10H2,1-2H3,(H,35,39)(H4,28,29,32)(H4,30,31,33)(H,34,36,37). The van der Waals surface area contributed by atoms with Crippen LogP contribution in [0.4, 0.5) is 22.9 Å². The van der Waals surface area contributed by atoms with E-state index in [0.717, 1.165) is 0 Å². The lowest BCUT2D eigenvalue weighted by Gasteiger charge is -2.27. The van der Waals surface area contributed by atoms with E-state index in [9.17, 15) is 10.1 Å². The van der Waals surface area contributed by atoms with Gasteiger partial charge in [-0.2, -0.15) is 15.2 Å². The Morgan fingerprint density at radius 2 is 1.85 bits per heavy atom. The Kier molecular flexibility index (Phi) is 8.53. The number of nitrogens with two attached hydrogens (primary N) is 4. The Morgan fingerprint density at radius 1 is 1.07 bits per heavy atom. The van der Waals surface area contributed by atoms with Gasteiger partial charge >= 0.3 is 6.01 Å². The molecule has 1 aromatic heterocycles. The second-order valence-corrected chi connectivity index (χ2v) is 9.09. The van der Waals surface area contributed by atoms with Crippen LogP contribution >= 0.6 is 0 Å². The lowest BCUT2D eigenvalue weighted by molar-refractivity contribution is -0.117. The first-order valence-corrected chi connectivity index (χ1v) is 12.4. The smallest absolute Gasteiger partial charge is 0.327 e. The lowest BCUT2D eigenvalue weighted by Crippen LogP contribution is -2.39. The summed E-state index contributed by atoms with van der Waals surface area (Å²) in [6.07, 6.45) is 0.979. The zero-order chi connectivity index (χ0) is 29.5. The highest BCUT2D eigenvalue weighted by Gasteiger charge is 2.31. The third-order valence-electron chi connectivity index (χ3n) is 5.75. The highest BCUT2D eigenvalue weighted by molar-refractivity contribution is 6.03. The van der Waals surface area contributed by atoms with Crippen molar-refractivity contribution in [2.45, 2.75) is 18.9 Å². The fraction of sp³-hybridized carbons (Fsp3) is 0.231. The van der Waals surface area contributed by atoms with Gasteiger partial charge in [-0.05, 0) is 37.1 Å². The topological polar surface area (TPSA) is 241 Å². The van der Waals surface area contributed by atoms with Crippen molar-refractivity contribution in [3.63, 3.8) is 0 Å². The third-order valence-corrected chi connectivity index (χ3v) is 5.75. The molecule has 1 atom stereocenters. The highest BCUT2D eigenvalue weighted by Crippen LogP contribution is 2.39. The number of nitrogens with one attached hydrogen (secondary N) is 2. The molecule has 15 heteroatoms. The van der Waals surface area contributed by atoms with Crippen LogP contribution in [0.25, 0.3) is 0 Å². The molecule has 0 spiro atoms. The van der Waals surface area contributed by atoms with Gasteiger partial charge in [0.1, 0.15) is 29.3 Å². The van der Waals surface area contributed by atoms with Gasteiger partial charge in [-0.3, -0.25) is 9.79 Å². The maximum absolute atomic E-state index is 12.9. The van der Waals surface area contributed by atoms with Gasteiger partial charge in [-0.15, -0.1) is 0 Å². The number of anilines is 3. The van der Waals surface area contributed by atoms with Gasteiger partial charge in [-0.25, -0.2) is 4.99 Å². The monoisotopic (exact) mass is 558 g/mol. The number of guanidine groups is 2. The summed E-state index contributed by atoms with van der Waals surface area (Å²) in [5.74, 6) is 0.634. The van der Waals surface area contributed by atoms with Gasteiger partial charge < -0.3 is 47.9 Å². The number of carbonyl (C=O) groups is 1. The molecule has 0 saturated carbocycles. The number of hydrogen-bond acceptors (Lipinski definition) is 10. The average Bonchev–Trinajstić information content (AvgIpc) is 2.91. The zero-order valence-electron chi connectivity index (χ0n) is 22.5. The molecule has 0 radical (unpaired) electrons. The number of ether oxygens (including phenoxy) is 2. The molecule has 10 N–H and O–H groups in total. The lowest BCUT2D eigenvalue weighted by atomic mass is 10.1. The normalized spacial score (nSPS) is 13.5. The van der Waals surface area contributed by atoms with Crippen LogP contribution in [0.1, 0.15) is 18.4 Å². The van der Waals surface area contributed by atoms with Crippen molar-refractivity contribution in [1.29, 1.82) is 5.26 Å². The summed E-state index contributed by atoms with van der Waals surface area (Å²) in [6, 6.07) is 13.1. The van der Waals surface area contributed by atoms with Gasteiger partial charge in [0.25, 0.3) is 5.88 Å². The van der Waals surface area contributed by atoms with E-state index < -0.39 is 6.04 Å². The first-order chi connectivity index (χ1) is 19.6. The van der Waals surface area contributed by atoms with Crippen LogP contribution in [-0.4, -0.2) is 54.5 Å². The summed E-state index contributed by atoms with van der Waals surface area (Å²) in [5, 5.41) is 15.4. The summed E-state index contributed by atoms with van der Waals surface area (Å²) in [7, 11) is 3.62. The fourth-order valence-corrected chi connectivity index (χ4v) is 3.93. The number of aliphatic imine (C=N–C) groups is 2. The van der Waals surface area contributed by atoms with E-state index in [1.807, 2.05) is 14.1 Å². The molecule has 15 nitrogen and oxygen atoms in total. The van der Waals surface area contributed by atoms with E-state index >= 15 is 0 Å². The first kappa shape index (κ1) is 28.2. The minimum absolute atomic E-state index is 0.0168. The van der Waals surface area contributed by atoms with Gasteiger partial charge in [0.2, 0.25) is 5.91 Å². The molecule has 2 heterocycles. The largest absolute Gasteiger partial charge is 0.437 e. The Labute approximate surface area is 235 Å². The molecule has 4 rings (SSSR count). The van der Waals surface area contributed by atoms with Gasteiger partial charge in [0.05, 0.1) is 16.9 Å². The quantitative estimate of drug-likeness (QED) is 0.118. The maximum atomic E-state index is 12.9. The molecule has 0 saturated heterocycles. The van der Waals surface area contributed by atoms with Crippen LogP contribution in [0.15, 0.2) is 52.4 Å². The molecule has 0 fully saturated rings. The van der Waals surface area contributed by atoms with E-state index in [0.29, 0.717) is 53.6 Å². The number of fused-ring (bicyclic) bond motifs is 1. The van der Waals surface area contributed by atoms with Crippen LogP contribution in [-0.2, 0) is 4.79 Å². The van der Waals surface area contributed by atoms with Crippen molar-refractivity contribution in [1.82, 2.24) is 9.97 Å². The number of benzene rings is 2. The van der Waals surface area contributed by atoms with Crippen molar-refractivity contribution < 1.29 is 14.3 Å². The van der Waals surface area contributed by atoms with Gasteiger partial charge in [0, 0.05) is 32.8 Å². The number of aromatic nitrogens is 2. The number of carbonyl (C=O) groups excluding carboxylic acids is 1. The molecule has 0 aliphatic carbocycles. The Balaban J connectivity index is 1.69. The van der Waals surface area contributed by atoms with Crippen LogP contribution in [0.5, 0.6) is 23.4 Å². The second kappa shape index (κ2) is 12.4. The van der Waals surface area contributed by atoms with E-state index in [2.05, 4.69) is 36.7 Å². The summed E-state index contributed by atoms with van der Waals surface area (Å²) >= 11 is 0. The van der Waals surface area contributed by atoms with Crippen LogP contribution in [0.2, 0.25) is 0 Å². The molecule has 1 unspecified atom stereocenters. The van der Waals surface area contributed by atoms with Crippen LogP contribution in [0.3, 0.4) is 0 Å². The zero-order valence-corrected chi connectivity index (χ0v) is 22.5. The number of amides is 1. The highest BCUT2D eigenvalue weighted by atomic mass is 16.5. The molecule has 1 aliphatic heterocycles. The average molecular weight is 559 g/mol. The first-order valence-electron chi connectivity index (χ1n) is 12.4. The Morgan fingerprint density at radius 3 is 2.56 bits per heavy atom. The van der Waals surface area contributed by atoms with Gasteiger partial charge in [-0.1, -0.05) is 6.07 Å². The molecule has 1 amide bonds. The molecular formula is C26H30N12O3. The number of nitriles is 1. The SMILES string of the molecule is CN(C)c1cc(Oc2nc(Oc3cccc(N=C(N)N)c3)nc3c2NC(=O)C(CCCN=C(N)N)N3)ccc1C#N. The fourth-order valence-electron chi connectivity index (χ4n) is 3.93. The van der Waals surface area contributed by atoms with Crippen LogP contribution in [0, 0.1) is 11.3 Å². The molecule has 41 heavy (non-hydrogen) atoms. The summed E-state index contributed by atoms with van der Waals surface area (Å²) in [4.78, 5) is 31.6. The molecule has 0 bridgehead atoms. The Hall–Kier alpha value is -5.78. The number of hydrogen-bond donors (Lipinski definition) is 6. The van der Waals surface area contributed by atoms with Crippen molar-refractivity contribution in [2.24, 2.45) is 32.9 Å². The van der Waals surface area contributed by atoms with E-state index in [-0.39, 0.29) is 35.4 Å². The van der Waals surface area contributed by atoms with E-state index in [1.54, 1.807) is 47.4 Å². The predicted molar refractivity (Wildman–Crippen MR) is 156 cm³/mol.